The molecule has 120 valence electrons. The van der Waals surface area contributed by atoms with Gasteiger partial charge in [-0.2, -0.15) is 0 Å². The van der Waals surface area contributed by atoms with Crippen LogP contribution >= 0.6 is 0 Å². The van der Waals surface area contributed by atoms with Crippen LogP contribution in [0.2, 0.25) is 0 Å². The summed E-state index contributed by atoms with van der Waals surface area (Å²) in [4.78, 5) is 30.3. The monoisotopic (exact) mass is 312 g/mol. The molecule has 0 bridgehead atoms. The standard InChI is InChI=1S/C17H20N4O2/c1-20-7-5-13(10-20)9-19-17(23)14-8-16(22)21(11-14)12-15-4-2-3-6-18-15/h2-7,10,14H,8-9,11-12H2,1H3,(H,19,23). The molecule has 1 fully saturated rings. The zero-order chi connectivity index (χ0) is 16.2. The molecule has 1 atom stereocenters. The van der Waals surface area contributed by atoms with E-state index in [1.807, 2.05) is 48.3 Å². The van der Waals surface area contributed by atoms with Crippen molar-refractivity contribution in [1.29, 1.82) is 0 Å². The number of amides is 2. The molecule has 6 nitrogen and oxygen atoms in total. The average Bonchev–Trinajstić information content (AvgIpc) is 3.12. The molecule has 1 N–H and O–H groups in total. The number of nitrogens with zero attached hydrogens (tertiary/aromatic N) is 3. The zero-order valence-electron chi connectivity index (χ0n) is 13.1. The number of likely N-dealkylation sites (tertiary alicyclic amines) is 1. The SMILES string of the molecule is Cn1ccc(CNC(=O)C2CC(=O)N(Cc3ccccn3)C2)c1. The molecule has 3 rings (SSSR count). The largest absolute Gasteiger partial charge is 0.357 e. The highest BCUT2D eigenvalue weighted by Crippen LogP contribution is 2.20. The van der Waals surface area contributed by atoms with Crippen LogP contribution in [0.3, 0.4) is 0 Å². The fraction of sp³-hybridized carbons (Fsp3) is 0.353. The van der Waals surface area contributed by atoms with Crippen LogP contribution in [0.1, 0.15) is 17.7 Å². The lowest BCUT2D eigenvalue weighted by molar-refractivity contribution is -0.129. The summed E-state index contributed by atoms with van der Waals surface area (Å²) < 4.78 is 1.94. The number of pyridine rings is 1. The second-order valence-corrected chi connectivity index (χ2v) is 5.90. The number of carbonyl (C=O) groups is 2. The number of carbonyl (C=O) groups excluding carboxylic acids is 2. The highest BCUT2D eigenvalue weighted by Gasteiger charge is 2.34. The Morgan fingerprint density at radius 1 is 1.39 bits per heavy atom. The molecule has 2 aromatic rings. The molecule has 1 unspecified atom stereocenters. The van der Waals surface area contributed by atoms with Crippen molar-refractivity contribution in [2.75, 3.05) is 6.54 Å². The van der Waals surface area contributed by atoms with E-state index in [1.54, 1.807) is 11.1 Å². The van der Waals surface area contributed by atoms with Crippen LogP contribution in [0.15, 0.2) is 42.9 Å². The van der Waals surface area contributed by atoms with E-state index in [4.69, 9.17) is 0 Å². The maximum atomic E-state index is 12.3. The maximum Gasteiger partial charge on any atom is 0.225 e. The van der Waals surface area contributed by atoms with E-state index in [0.717, 1.165) is 11.3 Å². The van der Waals surface area contributed by atoms with E-state index in [1.165, 1.54) is 0 Å². The second kappa shape index (κ2) is 6.64. The van der Waals surface area contributed by atoms with Crippen LogP contribution in [-0.2, 0) is 29.7 Å². The van der Waals surface area contributed by atoms with Gasteiger partial charge in [0.2, 0.25) is 11.8 Å². The van der Waals surface area contributed by atoms with Gasteiger partial charge in [0.15, 0.2) is 0 Å². The molecule has 0 spiro atoms. The van der Waals surface area contributed by atoms with Crippen molar-refractivity contribution in [3.8, 4) is 0 Å². The number of hydrogen-bond donors (Lipinski definition) is 1. The predicted molar refractivity (Wildman–Crippen MR) is 85.0 cm³/mol. The lowest BCUT2D eigenvalue weighted by Gasteiger charge is -2.16. The van der Waals surface area contributed by atoms with E-state index in [9.17, 15) is 9.59 Å². The van der Waals surface area contributed by atoms with Gasteiger partial charge in [-0.25, -0.2) is 0 Å². The lowest BCUT2D eigenvalue weighted by Crippen LogP contribution is -2.32. The van der Waals surface area contributed by atoms with Crippen LogP contribution in [0.25, 0.3) is 0 Å². The fourth-order valence-corrected chi connectivity index (χ4v) is 2.79. The summed E-state index contributed by atoms with van der Waals surface area (Å²) in [6.45, 7) is 1.41. The van der Waals surface area contributed by atoms with E-state index >= 15 is 0 Å². The maximum absolute atomic E-state index is 12.3. The molecule has 1 aliphatic heterocycles. The molecular formula is C17H20N4O2. The quantitative estimate of drug-likeness (QED) is 0.898. The number of hydrogen-bond acceptors (Lipinski definition) is 3. The van der Waals surface area contributed by atoms with Crippen molar-refractivity contribution in [3.63, 3.8) is 0 Å². The van der Waals surface area contributed by atoms with Gasteiger partial charge in [0.1, 0.15) is 0 Å². The van der Waals surface area contributed by atoms with Gasteiger partial charge in [-0.15, -0.1) is 0 Å². The molecule has 0 aliphatic carbocycles. The first-order valence-electron chi connectivity index (χ1n) is 7.68. The minimum absolute atomic E-state index is 0.00974. The minimum Gasteiger partial charge on any atom is -0.357 e. The van der Waals surface area contributed by atoms with Gasteiger partial charge in [-0.05, 0) is 23.8 Å². The molecule has 1 aliphatic rings. The summed E-state index contributed by atoms with van der Waals surface area (Å²) in [7, 11) is 1.94. The number of nitrogens with one attached hydrogen (secondary N) is 1. The molecule has 0 aromatic carbocycles. The zero-order valence-corrected chi connectivity index (χ0v) is 13.1. The van der Waals surface area contributed by atoms with E-state index in [2.05, 4.69) is 10.3 Å². The number of aryl methyl sites for hydroxylation is 1. The van der Waals surface area contributed by atoms with Crippen molar-refractivity contribution in [3.05, 3.63) is 54.1 Å². The van der Waals surface area contributed by atoms with Crippen molar-refractivity contribution < 1.29 is 9.59 Å². The van der Waals surface area contributed by atoms with Crippen LogP contribution in [0.5, 0.6) is 0 Å². The van der Waals surface area contributed by atoms with E-state index in [-0.39, 0.29) is 24.2 Å². The van der Waals surface area contributed by atoms with Crippen LogP contribution in [-0.4, -0.2) is 32.8 Å². The summed E-state index contributed by atoms with van der Waals surface area (Å²) >= 11 is 0. The third-order valence-corrected chi connectivity index (χ3v) is 4.02. The smallest absolute Gasteiger partial charge is 0.225 e. The highest BCUT2D eigenvalue weighted by molar-refractivity contribution is 5.89. The van der Waals surface area contributed by atoms with Crippen molar-refractivity contribution in [1.82, 2.24) is 19.8 Å². The Morgan fingerprint density at radius 3 is 2.96 bits per heavy atom. The number of aromatic nitrogens is 2. The van der Waals surface area contributed by atoms with Gasteiger partial charge in [0, 0.05) is 45.1 Å². The van der Waals surface area contributed by atoms with Crippen LogP contribution in [0.4, 0.5) is 0 Å². The summed E-state index contributed by atoms with van der Waals surface area (Å²) in [5, 5.41) is 2.91. The molecule has 3 heterocycles. The Labute approximate surface area is 135 Å². The molecule has 1 saturated heterocycles. The van der Waals surface area contributed by atoms with Gasteiger partial charge >= 0.3 is 0 Å². The molecule has 0 radical (unpaired) electrons. The Bertz CT molecular complexity index is 696. The van der Waals surface area contributed by atoms with Gasteiger partial charge in [-0.1, -0.05) is 6.07 Å². The van der Waals surface area contributed by atoms with Crippen LogP contribution in [0, 0.1) is 5.92 Å². The number of rotatable bonds is 5. The van der Waals surface area contributed by atoms with Crippen molar-refractivity contribution in [2.45, 2.75) is 19.5 Å². The predicted octanol–water partition coefficient (Wildman–Crippen LogP) is 1.08. The normalized spacial score (nSPS) is 17.5. The summed E-state index contributed by atoms with van der Waals surface area (Å²) in [6.07, 6.45) is 5.88. The third-order valence-electron chi connectivity index (χ3n) is 4.02. The Kier molecular flexibility index (Phi) is 4.41. The minimum atomic E-state index is -0.282. The molecule has 6 heteroatoms. The first-order valence-corrected chi connectivity index (χ1v) is 7.68. The van der Waals surface area contributed by atoms with Gasteiger partial charge in [-0.3, -0.25) is 14.6 Å². The summed E-state index contributed by atoms with van der Waals surface area (Å²) in [5.41, 5.74) is 1.89. The third kappa shape index (κ3) is 3.77. The average molecular weight is 312 g/mol. The lowest BCUT2D eigenvalue weighted by atomic mass is 10.1. The Balaban J connectivity index is 1.53. The first-order chi connectivity index (χ1) is 11.1. The summed E-state index contributed by atoms with van der Waals surface area (Å²) in [5.74, 6) is -0.337. The van der Waals surface area contributed by atoms with Crippen molar-refractivity contribution >= 4 is 11.8 Å². The fourth-order valence-electron chi connectivity index (χ4n) is 2.79. The Morgan fingerprint density at radius 2 is 2.26 bits per heavy atom. The van der Waals surface area contributed by atoms with Crippen LogP contribution < -0.4 is 5.32 Å². The molecular weight excluding hydrogens is 292 g/mol. The topological polar surface area (TPSA) is 67.2 Å². The second-order valence-electron chi connectivity index (χ2n) is 5.90. The molecule has 23 heavy (non-hydrogen) atoms. The highest BCUT2D eigenvalue weighted by atomic mass is 16.2. The first kappa shape index (κ1) is 15.3. The van der Waals surface area contributed by atoms with E-state index in [0.29, 0.717) is 19.6 Å². The van der Waals surface area contributed by atoms with Gasteiger partial charge in [0.25, 0.3) is 0 Å². The molecule has 2 amide bonds. The molecule has 0 saturated carbocycles. The van der Waals surface area contributed by atoms with E-state index < -0.39 is 0 Å². The molecule has 2 aromatic heterocycles. The Hall–Kier alpha value is -2.63. The van der Waals surface area contributed by atoms with Gasteiger partial charge < -0.3 is 14.8 Å². The van der Waals surface area contributed by atoms with Crippen molar-refractivity contribution in [2.24, 2.45) is 13.0 Å². The van der Waals surface area contributed by atoms with Gasteiger partial charge in [0.05, 0.1) is 18.2 Å². The summed E-state index contributed by atoms with van der Waals surface area (Å²) in [6, 6.07) is 7.59.